The van der Waals surface area contributed by atoms with Gasteiger partial charge in [0.05, 0.1) is 5.56 Å². The van der Waals surface area contributed by atoms with E-state index in [0.29, 0.717) is 12.2 Å². The van der Waals surface area contributed by atoms with Crippen molar-refractivity contribution >= 4 is 23.7 Å². The number of hydrogen-bond donors (Lipinski definition) is 2. The lowest BCUT2D eigenvalue weighted by Gasteiger charge is -2.19. The molecule has 0 fully saturated rings. The van der Waals surface area contributed by atoms with Crippen molar-refractivity contribution in [1.29, 1.82) is 0 Å². The molecule has 0 bridgehead atoms. The van der Waals surface area contributed by atoms with Crippen LogP contribution >= 0.6 is 0 Å². The predicted molar refractivity (Wildman–Crippen MR) is 99.1 cm³/mol. The van der Waals surface area contributed by atoms with Gasteiger partial charge in [-0.1, -0.05) is 25.8 Å². The highest BCUT2D eigenvalue weighted by Crippen LogP contribution is 2.14. The Hall–Kier alpha value is -2.57. The monoisotopic (exact) mass is 364 g/mol. The van der Waals surface area contributed by atoms with E-state index in [1.165, 1.54) is 6.07 Å². The van der Waals surface area contributed by atoms with Crippen LogP contribution in [-0.2, 0) is 14.3 Å². The van der Waals surface area contributed by atoms with Crippen molar-refractivity contribution in [1.82, 2.24) is 5.32 Å². The maximum Gasteiger partial charge on any atom is 0.412 e. The van der Waals surface area contributed by atoms with Crippen molar-refractivity contribution in [3.63, 3.8) is 0 Å². The van der Waals surface area contributed by atoms with Crippen molar-refractivity contribution < 1.29 is 23.9 Å². The van der Waals surface area contributed by atoms with Crippen LogP contribution in [0.2, 0.25) is 0 Å². The van der Waals surface area contributed by atoms with Gasteiger partial charge in [-0.3, -0.25) is 10.1 Å². The largest absolute Gasteiger partial charge is 0.452 e. The normalized spacial score (nSPS) is 10.8. The first-order chi connectivity index (χ1) is 12.2. The zero-order chi connectivity index (χ0) is 19.6. The summed E-state index contributed by atoms with van der Waals surface area (Å²) in [5, 5.41) is 5.24. The van der Waals surface area contributed by atoms with Gasteiger partial charge in [0.15, 0.2) is 6.61 Å². The first-order valence-corrected chi connectivity index (χ1v) is 8.75. The number of anilines is 1. The molecule has 0 radical (unpaired) electrons. The topological polar surface area (TPSA) is 93.7 Å². The third-order valence-electron chi connectivity index (χ3n) is 3.18. The molecule has 7 heteroatoms. The van der Waals surface area contributed by atoms with E-state index >= 15 is 0 Å². The molecule has 0 unspecified atom stereocenters. The zero-order valence-electron chi connectivity index (χ0n) is 15.9. The SMILES string of the molecule is CCCCCNC(=O)COC(=O)c1cccc(NC(=O)OC(C)(C)C)c1. The van der Waals surface area contributed by atoms with Crippen LogP contribution in [0.15, 0.2) is 24.3 Å². The summed E-state index contributed by atoms with van der Waals surface area (Å²) in [6, 6.07) is 6.24. The third-order valence-corrected chi connectivity index (χ3v) is 3.18. The molecule has 0 aliphatic carbocycles. The van der Waals surface area contributed by atoms with Crippen LogP contribution in [0.1, 0.15) is 57.3 Å². The minimum Gasteiger partial charge on any atom is -0.452 e. The van der Waals surface area contributed by atoms with Gasteiger partial charge in [0, 0.05) is 12.2 Å². The number of esters is 1. The third kappa shape index (κ3) is 9.05. The second kappa shape index (κ2) is 10.4. The second-order valence-electron chi connectivity index (χ2n) is 6.84. The van der Waals surface area contributed by atoms with Gasteiger partial charge in [-0.2, -0.15) is 0 Å². The van der Waals surface area contributed by atoms with Crippen LogP contribution < -0.4 is 10.6 Å². The number of unbranched alkanes of at least 4 members (excludes halogenated alkanes) is 2. The van der Waals surface area contributed by atoms with Gasteiger partial charge in [0.1, 0.15) is 5.60 Å². The molecule has 26 heavy (non-hydrogen) atoms. The molecule has 1 rings (SSSR count). The molecule has 0 spiro atoms. The van der Waals surface area contributed by atoms with Crippen molar-refractivity contribution in [2.24, 2.45) is 0 Å². The van der Waals surface area contributed by atoms with Gasteiger partial charge in [0.25, 0.3) is 5.91 Å². The summed E-state index contributed by atoms with van der Waals surface area (Å²) in [4.78, 5) is 35.4. The van der Waals surface area contributed by atoms with Crippen molar-refractivity contribution in [3.05, 3.63) is 29.8 Å². The quantitative estimate of drug-likeness (QED) is 0.544. The zero-order valence-corrected chi connectivity index (χ0v) is 15.9. The molecule has 2 amide bonds. The van der Waals surface area contributed by atoms with Crippen molar-refractivity contribution in [2.45, 2.75) is 52.6 Å². The molecule has 1 aromatic rings. The lowest BCUT2D eigenvalue weighted by atomic mass is 10.2. The van der Waals surface area contributed by atoms with E-state index in [0.717, 1.165) is 19.3 Å². The fourth-order valence-corrected chi connectivity index (χ4v) is 2.01. The lowest BCUT2D eigenvalue weighted by Crippen LogP contribution is -2.29. The van der Waals surface area contributed by atoms with E-state index in [2.05, 4.69) is 17.6 Å². The van der Waals surface area contributed by atoms with Crippen LogP contribution in [0, 0.1) is 0 Å². The smallest absolute Gasteiger partial charge is 0.412 e. The summed E-state index contributed by atoms with van der Waals surface area (Å²) in [5.74, 6) is -0.973. The molecular weight excluding hydrogens is 336 g/mol. The van der Waals surface area contributed by atoms with Crippen LogP contribution in [0.4, 0.5) is 10.5 Å². The van der Waals surface area contributed by atoms with Crippen LogP contribution in [0.25, 0.3) is 0 Å². The number of ether oxygens (including phenoxy) is 2. The maximum absolute atomic E-state index is 12.0. The number of carbonyl (C=O) groups excluding carboxylic acids is 3. The molecule has 0 atom stereocenters. The van der Waals surface area contributed by atoms with Crippen molar-refractivity contribution in [2.75, 3.05) is 18.5 Å². The van der Waals surface area contributed by atoms with E-state index in [4.69, 9.17) is 9.47 Å². The molecule has 0 saturated heterocycles. The molecule has 1 aromatic carbocycles. The molecule has 0 aliphatic rings. The molecule has 0 heterocycles. The number of hydrogen-bond acceptors (Lipinski definition) is 5. The Morgan fingerprint density at radius 2 is 1.85 bits per heavy atom. The van der Waals surface area contributed by atoms with Crippen LogP contribution in [0.3, 0.4) is 0 Å². The summed E-state index contributed by atoms with van der Waals surface area (Å²) in [7, 11) is 0. The Kier molecular flexibility index (Phi) is 8.61. The van der Waals surface area contributed by atoms with Crippen LogP contribution in [0.5, 0.6) is 0 Å². The van der Waals surface area contributed by atoms with Gasteiger partial charge < -0.3 is 14.8 Å². The Bertz CT molecular complexity index is 623. The van der Waals surface area contributed by atoms with Gasteiger partial charge in [0.2, 0.25) is 0 Å². The molecule has 144 valence electrons. The summed E-state index contributed by atoms with van der Waals surface area (Å²) in [6.07, 6.45) is 2.39. The summed E-state index contributed by atoms with van der Waals surface area (Å²) < 4.78 is 10.1. The van der Waals surface area contributed by atoms with E-state index in [-0.39, 0.29) is 18.1 Å². The summed E-state index contributed by atoms with van der Waals surface area (Å²) in [6.45, 7) is 7.58. The average Bonchev–Trinajstić information content (AvgIpc) is 2.55. The Balaban J connectivity index is 2.49. The number of amides is 2. The first kappa shape index (κ1) is 21.5. The summed E-state index contributed by atoms with van der Waals surface area (Å²) in [5.41, 5.74) is 0.0144. The first-order valence-electron chi connectivity index (χ1n) is 8.75. The number of nitrogens with one attached hydrogen (secondary N) is 2. The minimum atomic E-state index is -0.637. The van der Waals surface area contributed by atoms with Gasteiger partial charge >= 0.3 is 12.1 Å². The van der Waals surface area contributed by atoms with Crippen LogP contribution in [-0.4, -0.2) is 36.7 Å². The number of benzene rings is 1. The molecule has 7 nitrogen and oxygen atoms in total. The maximum atomic E-state index is 12.0. The van der Waals surface area contributed by atoms with E-state index in [1.54, 1.807) is 39.0 Å². The molecule has 0 aliphatic heterocycles. The van der Waals surface area contributed by atoms with Gasteiger partial charge in [-0.25, -0.2) is 9.59 Å². The predicted octanol–water partition coefficient (Wildman–Crippen LogP) is 3.50. The van der Waals surface area contributed by atoms with E-state index in [1.807, 2.05) is 0 Å². The number of rotatable bonds is 8. The van der Waals surface area contributed by atoms with Crippen molar-refractivity contribution in [3.8, 4) is 0 Å². The average molecular weight is 364 g/mol. The Morgan fingerprint density at radius 1 is 1.12 bits per heavy atom. The highest BCUT2D eigenvalue weighted by atomic mass is 16.6. The van der Waals surface area contributed by atoms with E-state index < -0.39 is 17.7 Å². The fraction of sp³-hybridized carbons (Fsp3) is 0.526. The summed E-state index contributed by atoms with van der Waals surface area (Å²) >= 11 is 0. The molecule has 0 saturated carbocycles. The molecule has 0 aromatic heterocycles. The Morgan fingerprint density at radius 3 is 2.50 bits per heavy atom. The fourth-order valence-electron chi connectivity index (χ4n) is 2.01. The lowest BCUT2D eigenvalue weighted by molar-refractivity contribution is -0.124. The standard InChI is InChI=1S/C19H28N2O5/c1-5-6-7-11-20-16(22)13-25-17(23)14-9-8-10-15(12-14)21-18(24)26-19(2,3)4/h8-10,12H,5-7,11,13H2,1-4H3,(H,20,22)(H,21,24). The van der Waals surface area contributed by atoms with E-state index in [9.17, 15) is 14.4 Å². The Labute approximate surface area is 154 Å². The van der Waals surface area contributed by atoms with Gasteiger partial charge in [-0.05, 0) is 45.4 Å². The molecular formula is C19H28N2O5. The number of carbonyl (C=O) groups is 3. The highest BCUT2D eigenvalue weighted by molar-refractivity contribution is 5.93. The minimum absolute atomic E-state index is 0.234. The highest BCUT2D eigenvalue weighted by Gasteiger charge is 2.17. The van der Waals surface area contributed by atoms with Gasteiger partial charge in [-0.15, -0.1) is 0 Å². The second-order valence-corrected chi connectivity index (χ2v) is 6.84. The molecule has 2 N–H and O–H groups in total.